The van der Waals surface area contributed by atoms with Crippen LogP contribution in [-0.2, 0) is 13.1 Å². The van der Waals surface area contributed by atoms with E-state index in [1.165, 1.54) is 0 Å². The third-order valence-corrected chi connectivity index (χ3v) is 3.12. The van der Waals surface area contributed by atoms with Crippen LogP contribution in [0.5, 0.6) is 0 Å². The molecule has 1 aromatic carbocycles. The van der Waals surface area contributed by atoms with Gasteiger partial charge < -0.3 is 9.88 Å². The smallest absolute Gasteiger partial charge is 0.0950 e. The normalized spacial score (nSPS) is 10.6. The first-order chi connectivity index (χ1) is 8.69. The summed E-state index contributed by atoms with van der Waals surface area (Å²) in [4.78, 5) is 4.33. The second-order valence-corrected chi connectivity index (χ2v) is 4.92. The molecule has 2 aromatic rings. The van der Waals surface area contributed by atoms with Gasteiger partial charge in [-0.05, 0) is 24.6 Å². The van der Waals surface area contributed by atoms with Gasteiger partial charge in [0.25, 0.3) is 0 Å². The lowest BCUT2D eigenvalue weighted by Crippen LogP contribution is -2.00. The van der Waals surface area contributed by atoms with Gasteiger partial charge in [0, 0.05) is 17.8 Å². The number of halogens is 2. The average Bonchev–Trinajstić information content (AvgIpc) is 2.79. The molecule has 0 amide bonds. The molecule has 0 aliphatic carbocycles. The number of hydrogen-bond donors (Lipinski definition) is 1. The van der Waals surface area contributed by atoms with Crippen molar-refractivity contribution in [3.8, 4) is 0 Å². The molecule has 0 saturated heterocycles. The Hall–Kier alpha value is -1.19. The van der Waals surface area contributed by atoms with Gasteiger partial charge in [0.05, 0.1) is 29.3 Å². The van der Waals surface area contributed by atoms with E-state index in [1.54, 1.807) is 12.1 Å². The molecule has 0 aliphatic heterocycles. The highest BCUT2D eigenvalue weighted by Crippen LogP contribution is 2.25. The van der Waals surface area contributed by atoms with E-state index in [0.29, 0.717) is 16.6 Å². The molecule has 0 unspecified atom stereocenters. The minimum atomic E-state index is 0.636. The van der Waals surface area contributed by atoms with E-state index in [9.17, 15) is 0 Å². The van der Waals surface area contributed by atoms with E-state index in [2.05, 4.69) is 21.8 Å². The summed E-state index contributed by atoms with van der Waals surface area (Å²) in [6.45, 7) is 3.77. The van der Waals surface area contributed by atoms with Gasteiger partial charge in [0.15, 0.2) is 0 Å². The molecule has 96 valence electrons. The van der Waals surface area contributed by atoms with Gasteiger partial charge in [0.2, 0.25) is 0 Å². The van der Waals surface area contributed by atoms with Crippen molar-refractivity contribution in [2.75, 3.05) is 5.32 Å². The molecule has 0 saturated carbocycles. The fourth-order valence-corrected chi connectivity index (χ4v) is 2.05. The Bertz CT molecular complexity index is 523. The van der Waals surface area contributed by atoms with Crippen molar-refractivity contribution in [3.63, 3.8) is 0 Å². The average molecular weight is 284 g/mol. The molecule has 5 heteroatoms. The second kappa shape index (κ2) is 6.12. The van der Waals surface area contributed by atoms with Crippen LogP contribution in [0.3, 0.4) is 0 Å². The molecule has 0 atom stereocenters. The molecule has 2 rings (SSSR count). The van der Waals surface area contributed by atoms with E-state index in [1.807, 2.05) is 18.6 Å². The Morgan fingerprint density at radius 2 is 2.17 bits per heavy atom. The van der Waals surface area contributed by atoms with Gasteiger partial charge in [-0.2, -0.15) is 0 Å². The molecular formula is C13H15Cl2N3. The van der Waals surface area contributed by atoms with Crippen LogP contribution in [0.2, 0.25) is 10.0 Å². The number of nitrogens with one attached hydrogen (secondary N) is 1. The lowest BCUT2D eigenvalue weighted by molar-refractivity contribution is 0.678. The lowest BCUT2D eigenvalue weighted by Gasteiger charge is -2.07. The van der Waals surface area contributed by atoms with Crippen molar-refractivity contribution in [1.82, 2.24) is 9.55 Å². The van der Waals surface area contributed by atoms with Gasteiger partial charge in [-0.15, -0.1) is 0 Å². The molecule has 18 heavy (non-hydrogen) atoms. The van der Waals surface area contributed by atoms with Crippen molar-refractivity contribution in [2.45, 2.75) is 26.4 Å². The van der Waals surface area contributed by atoms with Gasteiger partial charge in [-0.1, -0.05) is 30.1 Å². The van der Waals surface area contributed by atoms with Gasteiger partial charge >= 0.3 is 0 Å². The number of rotatable bonds is 5. The molecule has 1 heterocycles. The topological polar surface area (TPSA) is 29.9 Å². The third kappa shape index (κ3) is 3.40. The van der Waals surface area contributed by atoms with Crippen molar-refractivity contribution >= 4 is 28.9 Å². The monoisotopic (exact) mass is 283 g/mol. The Kier molecular flexibility index (Phi) is 4.50. The molecule has 0 radical (unpaired) electrons. The van der Waals surface area contributed by atoms with Crippen LogP contribution in [-0.4, -0.2) is 9.55 Å². The molecule has 0 spiro atoms. The van der Waals surface area contributed by atoms with E-state index in [-0.39, 0.29) is 0 Å². The maximum atomic E-state index is 6.07. The zero-order valence-corrected chi connectivity index (χ0v) is 11.7. The standard InChI is InChI=1S/C13H15Cl2N3/c1-2-5-18-8-11(17-9-18)7-16-13-6-10(14)3-4-12(13)15/h3-4,6,8-9,16H,2,5,7H2,1H3. The number of hydrogen-bond acceptors (Lipinski definition) is 2. The first kappa shape index (κ1) is 13.2. The Morgan fingerprint density at radius 1 is 1.33 bits per heavy atom. The first-order valence-electron chi connectivity index (χ1n) is 5.88. The van der Waals surface area contributed by atoms with E-state index >= 15 is 0 Å². The van der Waals surface area contributed by atoms with Gasteiger partial charge in [0.1, 0.15) is 0 Å². The summed E-state index contributed by atoms with van der Waals surface area (Å²) >= 11 is 12.0. The number of anilines is 1. The zero-order chi connectivity index (χ0) is 13.0. The fraction of sp³-hybridized carbons (Fsp3) is 0.308. The summed E-state index contributed by atoms with van der Waals surface area (Å²) in [5, 5.41) is 4.56. The summed E-state index contributed by atoms with van der Waals surface area (Å²) in [5.41, 5.74) is 1.81. The van der Waals surface area contributed by atoms with Gasteiger partial charge in [-0.25, -0.2) is 4.98 Å². The van der Waals surface area contributed by atoms with Crippen LogP contribution in [0, 0.1) is 0 Å². The SMILES string of the molecule is CCCn1cnc(CNc2cc(Cl)ccc2Cl)c1. The first-order valence-corrected chi connectivity index (χ1v) is 6.64. The maximum absolute atomic E-state index is 6.07. The van der Waals surface area contributed by atoms with Crippen LogP contribution in [0.25, 0.3) is 0 Å². The zero-order valence-electron chi connectivity index (χ0n) is 10.2. The summed E-state index contributed by atoms with van der Waals surface area (Å²) in [5.74, 6) is 0. The van der Waals surface area contributed by atoms with E-state index in [4.69, 9.17) is 23.2 Å². The highest BCUT2D eigenvalue weighted by molar-refractivity contribution is 6.35. The summed E-state index contributed by atoms with van der Waals surface area (Å²) in [6, 6.07) is 5.36. The Balaban J connectivity index is 1.99. The van der Waals surface area contributed by atoms with Crippen molar-refractivity contribution < 1.29 is 0 Å². The van der Waals surface area contributed by atoms with Crippen molar-refractivity contribution in [2.24, 2.45) is 0 Å². The van der Waals surface area contributed by atoms with E-state index < -0.39 is 0 Å². The quantitative estimate of drug-likeness (QED) is 0.891. The minimum Gasteiger partial charge on any atom is -0.378 e. The minimum absolute atomic E-state index is 0.636. The lowest BCUT2D eigenvalue weighted by atomic mass is 10.3. The number of nitrogens with zero attached hydrogens (tertiary/aromatic N) is 2. The molecule has 3 nitrogen and oxygen atoms in total. The fourth-order valence-electron chi connectivity index (χ4n) is 1.70. The Labute approximate surface area is 117 Å². The predicted octanol–water partition coefficient (Wildman–Crippen LogP) is 4.21. The number of aryl methyl sites for hydroxylation is 1. The summed E-state index contributed by atoms with van der Waals surface area (Å²) in [6.07, 6.45) is 4.98. The van der Waals surface area contributed by atoms with Crippen LogP contribution in [0.15, 0.2) is 30.7 Å². The molecule has 0 bridgehead atoms. The third-order valence-electron chi connectivity index (χ3n) is 2.56. The van der Waals surface area contributed by atoms with Crippen LogP contribution in [0.4, 0.5) is 5.69 Å². The molecule has 1 aromatic heterocycles. The van der Waals surface area contributed by atoms with Gasteiger partial charge in [-0.3, -0.25) is 0 Å². The van der Waals surface area contributed by atoms with Crippen molar-refractivity contribution in [1.29, 1.82) is 0 Å². The highest BCUT2D eigenvalue weighted by atomic mass is 35.5. The number of imidazole rings is 1. The molecule has 0 fully saturated rings. The number of benzene rings is 1. The van der Waals surface area contributed by atoms with Crippen LogP contribution < -0.4 is 5.32 Å². The number of aromatic nitrogens is 2. The summed E-state index contributed by atoms with van der Waals surface area (Å²) in [7, 11) is 0. The van der Waals surface area contributed by atoms with Crippen molar-refractivity contribution in [3.05, 3.63) is 46.5 Å². The largest absolute Gasteiger partial charge is 0.378 e. The molecule has 0 aliphatic rings. The van der Waals surface area contributed by atoms with E-state index in [0.717, 1.165) is 24.3 Å². The second-order valence-electron chi connectivity index (χ2n) is 4.08. The summed E-state index contributed by atoms with van der Waals surface area (Å²) < 4.78 is 2.08. The molecule has 1 N–H and O–H groups in total. The van der Waals surface area contributed by atoms with Crippen LogP contribution in [0.1, 0.15) is 19.0 Å². The Morgan fingerprint density at radius 3 is 2.94 bits per heavy atom. The van der Waals surface area contributed by atoms with Crippen LogP contribution >= 0.6 is 23.2 Å². The molecular weight excluding hydrogens is 269 g/mol. The maximum Gasteiger partial charge on any atom is 0.0950 e. The highest BCUT2D eigenvalue weighted by Gasteiger charge is 2.03. The predicted molar refractivity (Wildman–Crippen MR) is 76.3 cm³/mol.